The molecule has 2 N–H and O–H groups in total. The fraction of sp³-hybridized carbons (Fsp3) is 0.500. The van der Waals surface area contributed by atoms with Crippen molar-refractivity contribution in [2.75, 3.05) is 20.3 Å². The smallest absolute Gasteiger partial charge is 0.254 e. The van der Waals surface area contributed by atoms with Crippen molar-refractivity contribution in [1.82, 2.24) is 5.32 Å². The summed E-state index contributed by atoms with van der Waals surface area (Å²) in [5.74, 6) is -0.872. The van der Waals surface area contributed by atoms with Gasteiger partial charge in [0.2, 0.25) is 0 Å². The fourth-order valence-corrected chi connectivity index (χ4v) is 1.81. The van der Waals surface area contributed by atoms with Gasteiger partial charge in [0.1, 0.15) is 0 Å². The third-order valence-electron chi connectivity index (χ3n) is 3.09. The van der Waals surface area contributed by atoms with Crippen molar-refractivity contribution in [1.29, 1.82) is 0 Å². The Hall–Kier alpha value is -1.62. The molecule has 1 unspecified atom stereocenters. The van der Waals surface area contributed by atoms with Gasteiger partial charge in [-0.05, 0) is 24.5 Å². The molecule has 0 aliphatic carbocycles. The van der Waals surface area contributed by atoms with Crippen molar-refractivity contribution in [2.24, 2.45) is 5.92 Å². The van der Waals surface area contributed by atoms with Crippen LogP contribution >= 0.6 is 0 Å². The lowest BCUT2D eigenvalue weighted by Crippen LogP contribution is -2.30. The minimum absolute atomic E-state index is 0.0294. The molecule has 0 fully saturated rings. The van der Waals surface area contributed by atoms with Crippen molar-refractivity contribution >= 4 is 5.91 Å². The number of benzene rings is 1. The molecule has 1 aromatic carbocycles. The van der Waals surface area contributed by atoms with Crippen LogP contribution in [0.1, 0.15) is 30.1 Å². The molecule has 1 aromatic rings. The Morgan fingerprint density at radius 1 is 1.53 bits per heavy atom. The van der Waals surface area contributed by atoms with Crippen molar-refractivity contribution < 1.29 is 19.0 Å². The maximum atomic E-state index is 13.9. The van der Waals surface area contributed by atoms with E-state index in [4.69, 9.17) is 9.84 Å². The second-order valence-corrected chi connectivity index (χ2v) is 4.32. The lowest BCUT2D eigenvalue weighted by molar-refractivity contribution is 0.0938. The van der Waals surface area contributed by atoms with Crippen LogP contribution in [0.15, 0.2) is 18.2 Å². The molecule has 4 nitrogen and oxygen atoms in total. The zero-order valence-electron chi connectivity index (χ0n) is 11.3. The summed E-state index contributed by atoms with van der Waals surface area (Å²) >= 11 is 0. The van der Waals surface area contributed by atoms with Crippen molar-refractivity contribution in [2.45, 2.75) is 19.8 Å². The van der Waals surface area contributed by atoms with Crippen LogP contribution in [0.5, 0.6) is 5.75 Å². The van der Waals surface area contributed by atoms with Gasteiger partial charge in [-0.15, -0.1) is 0 Å². The topological polar surface area (TPSA) is 58.6 Å². The molecule has 5 heteroatoms. The first-order valence-electron chi connectivity index (χ1n) is 6.35. The molecular formula is C14H20FNO3. The number of ether oxygens (including phenoxy) is 1. The van der Waals surface area contributed by atoms with Crippen LogP contribution in [0.3, 0.4) is 0 Å². The molecular weight excluding hydrogens is 249 g/mol. The predicted molar refractivity (Wildman–Crippen MR) is 70.8 cm³/mol. The van der Waals surface area contributed by atoms with Gasteiger partial charge in [0.05, 0.1) is 12.7 Å². The molecule has 0 aromatic heterocycles. The average molecular weight is 269 g/mol. The van der Waals surface area contributed by atoms with Crippen LogP contribution in [0.25, 0.3) is 0 Å². The lowest BCUT2D eigenvalue weighted by atomic mass is 10.0. The first kappa shape index (κ1) is 15.4. The summed E-state index contributed by atoms with van der Waals surface area (Å²) in [6.07, 6.45) is 1.47. The van der Waals surface area contributed by atoms with E-state index in [1.807, 2.05) is 6.92 Å². The lowest BCUT2D eigenvalue weighted by Gasteiger charge is -2.14. The van der Waals surface area contributed by atoms with E-state index in [2.05, 4.69) is 5.32 Å². The average Bonchev–Trinajstić information content (AvgIpc) is 2.43. The quantitative estimate of drug-likeness (QED) is 0.795. The second-order valence-electron chi connectivity index (χ2n) is 4.32. The summed E-state index contributed by atoms with van der Waals surface area (Å²) in [6.45, 7) is 2.49. The predicted octanol–water partition coefficient (Wildman–Crippen LogP) is 1.97. The van der Waals surface area contributed by atoms with E-state index >= 15 is 0 Å². The molecule has 0 heterocycles. The maximum Gasteiger partial charge on any atom is 0.254 e. The maximum absolute atomic E-state index is 13.9. The number of methoxy groups -OCH3 is 1. The largest absolute Gasteiger partial charge is 0.494 e. The van der Waals surface area contributed by atoms with E-state index in [0.717, 1.165) is 6.42 Å². The van der Waals surface area contributed by atoms with Crippen LogP contribution in [-0.4, -0.2) is 31.3 Å². The van der Waals surface area contributed by atoms with Crippen molar-refractivity contribution in [3.05, 3.63) is 29.6 Å². The summed E-state index contributed by atoms with van der Waals surface area (Å²) in [4.78, 5) is 11.9. The van der Waals surface area contributed by atoms with E-state index < -0.39 is 11.7 Å². The van der Waals surface area contributed by atoms with Gasteiger partial charge in [-0.25, -0.2) is 4.39 Å². The molecule has 0 radical (unpaired) electrons. The van der Waals surface area contributed by atoms with Gasteiger partial charge in [0.25, 0.3) is 5.91 Å². The van der Waals surface area contributed by atoms with Gasteiger partial charge >= 0.3 is 0 Å². The zero-order valence-corrected chi connectivity index (χ0v) is 11.3. The first-order valence-corrected chi connectivity index (χ1v) is 6.35. The molecule has 0 saturated carbocycles. The number of carbonyl (C=O) groups excluding carboxylic acids is 1. The Morgan fingerprint density at radius 3 is 2.84 bits per heavy atom. The number of aliphatic hydroxyl groups excluding tert-OH is 1. The Bertz CT molecular complexity index is 423. The second kappa shape index (κ2) is 7.74. The summed E-state index contributed by atoms with van der Waals surface area (Å²) in [6, 6.07) is 4.45. The van der Waals surface area contributed by atoms with Crippen molar-refractivity contribution in [3.8, 4) is 5.75 Å². The number of rotatable bonds is 7. The van der Waals surface area contributed by atoms with Crippen LogP contribution in [-0.2, 0) is 0 Å². The molecule has 0 saturated heterocycles. The number of halogens is 1. The van der Waals surface area contributed by atoms with Gasteiger partial charge in [-0.2, -0.15) is 0 Å². The van der Waals surface area contributed by atoms with E-state index in [1.165, 1.54) is 19.2 Å². The van der Waals surface area contributed by atoms with Gasteiger partial charge < -0.3 is 15.2 Å². The summed E-state index contributed by atoms with van der Waals surface area (Å²) in [5, 5.41) is 11.6. The number of hydrogen-bond donors (Lipinski definition) is 2. The molecule has 1 rings (SSSR count). The number of amides is 1. The Kier molecular flexibility index (Phi) is 6.29. The van der Waals surface area contributed by atoms with Gasteiger partial charge in [-0.3, -0.25) is 4.79 Å². The van der Waals surface area contributed by atoms with E-state index in [0.29, 0.717) is 13.0 Å². The highest BCUT2D eigenvalue weighted by Crippen LogP contribution is 2.19. The Balaban J connectivity index is 2.68. The molecule has 0 aliphatic rings. The van der Waals surface area contributed by atoms with Crippen LogP contribution < -0.4 is 10.1 Å². The zero-order chi connectivity index (χ0) is 14.3. The number of nitrogens with one attached hydrogen (secondary N) is 1. The highest BCUT2D eigenvalue weighted by molar-refractivity contribution is 5.94. The molecule has 1 amide bonds. The molecule has 0 spiro atoms. The third-order valence-corrected chi connectivity index (χ3v) is 3.09. The minimum Gasteiger partial charge on any atom is -0.494 e. The molecule has 106 valence electrons. The first-order chi connectivity index (χ1) is 9.13. The SMILES string of the molecule is CCC(CCO)CNC(=O)c1cccc(OC)c1F. The fourth-order valence-electron chi connectivity index (χ4n) is 1.81. The monoisotopic (exact) mass is 269 g/mol. The third kappa shape index (κ3) is 4.21. The molecule has 19 heavy (non-hydrogen) atoms. The highest BCUT2D eigenvalue weighted by atomic mass is 19.1. The Labute approximate surface area is 112 Å². The Morgan fingerprint density at radius 2 is 2.26 bits per heavy atom. The molecule has 1 atom stereocenters. The van der Waals surface area contributed by atoms with E-state index in [9.17, 15) is 9.18 Å². The number of hydrogen-bond acceptors (Lipinski definition) is 3. The van der Waals surface area contributed by atoms with Gasteiger partial charge in [0.15, 0.2) is 11.6 Å². The summed E-state index contributed by atoms with van der Waals surface area (Å²) in [7, 11) is 1.36. The highest BCUT2D eigenvalue weighted by Gasteiger charge is 2.16. The summed E-state index contributed by atoms with van der Waals surface area (Å²) < 4.78 is 18.7. The standard InChI is InChI=1S/C14H20FNO3/c1-3-10(7-8-17)9-16-14(18)11-5-4-6-12(19-2)13(11)15/h4-6,10,17H,3,7-9H2,1-2H3,(H,16,18). The molecule has 0 bridgehead atoms. The van der Waals surface area contributed by atoms with E-state index in [-0.39, 0.29) is 23.8 Å². The van der Waals surface area contributed by atoms with Gasteiger partial charge in [-0.1, -0.05) is 19.4 Å². The van der Waals surface area contributed by atoms with Gasteiger partial charge in [0, 0.05) is 13.2 Å². The number of aliphatic hydroxyl groups is 1. The normalized spacial score (nSPS) is 12.0. The van der Waals surface area contributed by atoms with Crippen LogP contribution in [0.2, 0.25) is 0 Å². The van der Waals surface area contributed by atoms with Crippen LogP contribution in [0.4, 0.5) is 4.39 Å². The summed E-state index contributed by atoms with van der Waals surface area (Å²) in [5.41, 5.74) is -0.0294. The van der Waals surface area contributed by atoms with E-state index in [1.54, 1.807) is 6.07 Å². The van der Waals surface area contributed by atoms with Crippen molar-refractivity contribution in [3.63, 3.8) is 0 Å². The number of carbonyl (C=O) groups is 1. The van der Waals surface area contributed by atoms with Crippen LogP contribution in [0, 0.1) is 11.7 Å². The minimum atomic E-state index is -0.655. The molecule has 0 aliphatic heterocycles.